The summed E-state index contributed by atoms with van der Waals surface area (Å²) < 4.78 is 1.94. The fourth-order valence-electron chi connectivity index (χ4n) is 3.69. The Balaban J connectivity index is 1.87. The van der Waals surface area contributed by atoms with Gasteiger partial charge in [0.2, 0.25) is 0 Å². The van der Waals surface area contributed by atoms with Gasteiger partial charge in [-0.2, -0.15) is 5.10 Å². The molecule has 0 radical (unpaired) electrons. The summed E-state index contributed by atoms with van der Waals surface area (Å²) in [4.78, 5) is 4.56. The highest BCUT2D eigenvalue weighted by Gasteiger charge is 2.31. The highest BCUT2D eigenvalue weighted by atomic mass is 32.2. The molecule has 148 valence electrons. The van der Waals surface area contributed by atoms with Crippen molar-refractivity contribution < 1.29 is 5.11 Å². The van der Waals surface area contributed by atoms with Gasteiger partial charge in [-0.25, -0.2) is 0 Å². The number of thioether (sulfide) groups is 1. The molecular formula is C23H24N4OS. The zero-order valence-corrected chi connectivity index (χ0v) is 17.6. The molecule has 1 aliphatic heterocycles. The Labute approximate surface area is 175 Å². The van der Waals surface area contributed by atoms with E-state index in [1.165, 1.54) is 16.7 Å². The Bertz CT molecular complexity index is 1080. The number of pyridine rings is 1. The molecule has 1 aromatic carbocycles. The molecule has 2 aromatic heterocycles. The summed E-state index contributed by atoms with van der Waals surface area (Å²) in [5, 5.41) is 17.6. The van der Waals surface area contributed by atoms with Gasteiger partial charge in [0, 0.05) is 36.2 Å². The number of nitrogens with one attached hydrogen (secondary N) is 1. The molecule has 5 nitrogen and oxygen atoms in total. The number of aromatic nitrogens is 3. The second kappa shape index (κ2) is 8.32. The van der Waals surface area contributed by atoms with Crippen molar-refractivity contribution in [2.75, 3.05) is 17.7 Å². The van der Waals surface area contributed by atoms with Crippen LogP contribution in [0.15, 0.2) is 42.6 Å². The number of aliphatic hydroxyl groups excluding tert-OH is 1. The van der Waals surface area contributed by atoms with Crippen LogP contribution in [0, 0.1) is 18.8 Å². The van der Waals surface area contributed by atoms with Crippen molar-refractivity contribution in [2.45, 2.75) is 25.1 Å². The predicted octanol–water partition coefficient (Wildman–Crippen LogP) is 3.77. The van der Waals surface area contributed by atoms with Crippen LogP contribution >= 0.6 is 11.8 Å². The molecule has 0 fully saturated rings. The molecule has 4 rings (SSSR count). The van der Waals surface area contributed by atoms with Crippen molar-refractivity contribution in [1.82, 2.24) is 14.8 Å². The van der Waals surface area contributed by atoms with Crippen LogP contribution in [-0.2, 0) is 7.05 Å². The molecule has 0 spiro atoms. The first-order chi connectivity index (χ1) is 14.1. The zero-order valence-electron chi connectivity index (χ0n) is 16.8. The summed E-state index contributed by atoms with van der Waals surface area (Å²) in [5.74, 6) is 7.77. The van der Waals surface area contributed by atoms with E-state index in [1.807, 2.05) is 54.0 Å². The van der Waals surface area contributed by atoms with Gasteiger partial charge >= 0.3 is 0 Å². The number of rotatable bonds is 2. The van der Waals surface area contributed by atoms with Crippen LogP contribution in [0.5, 0.6) is 0 Å². The maximum Gasteiger partial charge on any atom is 0.129 e. The number of aryl methyl sites for hydroxylation is 2. The summed E-state index contributed by atoms with van der Waals surface area (Å²) in [5.41, 5.74) is 6.34. The van der Waals surface area contributed by atoms with E-state index in [4.69, 9.17) is 10.2 Å². The standard InChI is InChI=1S/C23H24N4OS/c1-15-13-17(7-6-12-28)9-10-18(15)22-20-21(19-8-4-5-11-24-19)26-27(3)23(20)25-16(2)14-29-22/h4-5,8-11,13,16,22,25,28H,12,14H2,1-3H3/t16-,22-/m1/s1. The number of hydrogen-bond donors (Lipinski definition) is 2. The maximum absolute atomic E-state index is 8.96. The van der Waals surface area contributed by atoms with E-state index in [1.54, 1.807) is 0 Å². The largest absolute Gasteiger partial charge is 0.384 e. The molecule has 3 aromatic rings. The van der Waals surface area contributed by atoms with Gasteiger partial charge in [0.25, 0.3) is 0 Å². The molecule has 2 atom stereocenters. The van der Waals surface area contributed by atoms with E-state index in [0.29, 0.717) is 6.04 Å². The average molecular weight is 405 g/mol. The topological polar surface area (TPSA) is 63.0 Å². The molecule has 1 aliphatic rings. The molecule has 0 bridgehead atoms. The Morgan fingerprint density at radius 1 is 1.31 bits per heavy atom. The lowest BCUT2D eigenvalue weighted by Crippen LogP contribution is -2.18. The van der Waals surface area contributed by atoms with Crippen molar-refractivity contribution in [3.8, 4) is 23.2 Å². The van der Waals surface area contributed by atoms with E-state index in [0.717, 1.165) is 28.5 Å². The second-order valence-electron chi connectivity index (χ2n) is 7.24. The Hall–Kier alpha value is -2.75. The average Bonchev–Trinajstić information content (AvgIpc) is 2.93. The Morgan fingerprint density at radius 2 is 2.17 bits per heavy atom. The van der Waals surface area contributed by atoms with Crippen molar-refractivity contribution in [3.05, 3.63) is 64.8 Å². The molecule has 3 heterocycles. The minimum absolute atomic E-state index is 0.130. The molecule has 0 saturated heterocycles. The molecule has 0 unspecified atom stereocenters. The van der Waals surface area contributed by atoms with Gasteiger partial charge in [0.1, 0.15) is 18.1 Å². The summed E-state index contributed by atoms with van der Waals surface area (Å²) in [6.07, 6.45) is 1.81. The summed E-state index contributed by atoms with van der Waals surface area (Å²) in [7, 11) is 1.98. The van der Waals surface area contributed by atoms with Crippen LogP contribution in [0.2, 0.25) is 0 Å². The van der Waals surface area contributed by atoms with E-state index >= 15 is 0 Å². The van der Waals surface area contributed by atoms with Crippen molar-refractivity contribution in [1.29, 1.82) is 0 Å². The molecule has 29 heavy (non-hydrogen) atoms. The van der Waals surface area contributed by atoms with Crippen molar-refractivity contribution in [3.63, 3.8) is 0 Å². The minimum atomic E-state index is -0.130. The summed E-state index contributed by atoms with van der Waals surface area (Å²) >= 11 is 1.93. The number of benzene rings is 1. The summed E-state index contributed by atoms with van der Waals surface area (Å²) in [6, 6.07) is 12.6. The van der Waals surface area contributed by atoms with Gasteiger partial charge in [-0.1, -0.05) is 24.0 Å². The van der Waals surface area contributed by atoms with Crippen LogP contribution in [0.1, 0.15) is 34.4 Å². The third kappa shape index (κ3) is 3.89. The van der Waals surface area contributed by atoms with Gasteiger partial charge in [0.15, 0.2) is 0 Å². The van der Waals surface area contributed by atoms with Crippen LogP contribution in [-0.4, -0.2) is 38.3 Å². The fraction of sp³-hybridized carbons (Fsp3) is 0.304. The van der Waals surface area contributed by atoms with Crippen molar-refractivity contribution in [2.24, 2.45) is 7.05 Å². The first-order valence-electron chi connectivity index (χ1n) is 9.65. The van der Waals surface area contributed by atoms with Crippen molar-refractivity contribution >= 4 is 17.6 Å². The van der Waals surface area contributed by atoms with E-state index in [-0.39, 0.29) is 11.9 Å². The SMILES string of the molecule is Cc1cc(C#CCO)ccc1[C@H]1SC[C@@H](C)Nc2c1c(-c1ccccn1)nn2C. The second-order valence-corrected chi connectivity index (χ2v) is 8.38. The van der Waals surface area contributed by atoms with Gasteiger partial charge in [-0.3, -0.25) is 9.67 Å². The Morgan fingerprint density at radius 3 is 2.90 bits per heavy atom. The molecule has 0 amide bonds. The van der Waals surface area contributed by atoms with E-state index in [9.17, 15) is 0 Å². The smallest absolute Gasteiger partial charge is 0.129 e. The van der Waals surface area contributed by atoms with Crippen LogP contribution in [0.3, 0.4) is 0 Å². The number of fused-ring (bicyclic) bond motifs is 1. The number of nitrogens with zero attached hydrogens (tertiary/aromatic N) is 3. The number of anilines is 1. The lowest BCUT2D eigenvalue weighted by molar-refractivity contribution is 0.350. The van der Waals surface area contributed by atoms with Crippen LogP contribution < -0.4 is 5.32 Å². The lowest BCUT2D eigenvalue weighted by atomic mass is 9.96. The van der Waals surface area contributed by atoms with Gasteiger partial charge in [-0.05, 0) is 49.2 Å². The molecule has 6 heteroatoms. The fourth-order valence-corrected chi connectivity index (χ4v) is 5.08. The Kier molecular flexibility index (Phi) is 5.61. The van der Waals surface area contributed by atoms with E-state index in [2.05, 4.69) is 48.1 Å². The minimum Gasteiger partial charge on any atom is -0.384 e. The first-order valence-corrected chi connectivity index (χ1v) is 10.7. The van der Waals surface area contributed by atoms with Crippen LogP contribution in [0.4, 0.5) is 5.82 Å². The molecule has 0 saturated carbocycles. The first kappa shape index (κ1) is 19.6. The third-order valence-corrected chi connectivity index (χ3v) is 6.53. The normalized spacial score (nSPS) is 18.2. The number of aliphatic hydroxyl groups is 1. The quantitative estimate of drug-likeness (QED) is 0.637. The number of hydrogen-bond acceptors (Lipinski definition) is 5. The monoisotopic (exact) mass is 404 g/mol. The highest BCUT2D eigenvalue weighted by molar-refractivity contribution is 7.99. The van der Waals surface area contributed by atoms with Crippen LogP contribution in [0.25, 0.3) is 11.4 Å². The van der Waals surface area contributed by atoms with E-state index < -0.39 is 0 Å². The predicted molar refractivity (Wildman–Crippen MR) is 119 cm³/mol. The lowest BCUT2D eigenvalue weighted by Gasteiger charge is -2.19. The van der Waals surface area contributed by atoms with Gasteiger partial charge in [-0.15, -0.1) is 11.8 Å². The summed E-state index contributed by atoms with van der Waals surface area (Å²) in [6.45, 7) is 4.20. The molecule has 2 N–H and O–H groups in total. The molecular weight excluding hydrogens is 380 g/mol. The third-order valence-electron chi connectivity index (χ3n) is 5.01. The zero-order chi connectivity index (χ0) is 20.4. The van der Waals surface area contributed by atoms with Gasteiger partial charge in [0.05, 0.1) is 10.9 Å². The maximum atomic E-state index is 8.96. The van der Waals surface area contributed by atoms with Gasteiger partial charge < -0.3 is 10.4 Å². The molecule has 0 aliphatic carbocycles. The highest BCUT2D eigenvalue weighted by Crippen LogP contribution is 2.47.